The second kappa shape index (κ2) is 9.34. The highest BCUT2D eigenvalue weighted by Crippen LogP contribution is 2.20. The van der Waals surface area contributed by atoms with Crippen LogP contribution in [0.25, 0.3) is 22.1 Å². The molecule has 0 radical (unpaired) electrons. The predicted molar refractivity (Wildman–Crippen MR) is 138 cm³/mol. The van der Waals surface area contributed by atoms with Gasteiger partial charge in [-0.05, 0) is 42.3 Å². The van der Waals surface area contributed by atoms with Crippen LogP contribution in [0.3, 0.4) is 0 Å². The van der Waals surface area contributed by atoms with Gasteiger partial charge in [-0.25, -0.2) is 4.79 Å². The molecular formula is C25H25ClN6O3. The van der Waals surface area contributed by atoms with E-state index in [2.05, 4.69) is 21.4 Å². The number of anilines is 1. The lowest BCUT2D eigenvalue weighted by Crippen LogP contribution is -2.37. The second-order valence-corrected chi connectivity index (χ2v) is 8.74. The van der Waals surface area contributed by atoms with E-state index in [-0.39, 0.29) is 0 Å². The number of halogens is 1. The molecule has 5 aromatic rings. The van der Waals surface area contributed by atoms with Crippen molar-refractivity contribution in [1.29, 1.82) is 0 Å². The van der Waals surface area contributed by atoms with Gasteiger partial charge in [0.25, 0.3) is 5.56 Å². The van der Waals surface area contributed by atoms with E-state index in [1.165, 1.54) is 22.6 Å². The number of aryl methyl sites for hydroxylation is 1. The summed E-state index contributed by atoms with van der Waals surface area (Å²) >= 11 is 5.95. The number of fused-ring (bicyclic) bond motifs is 2. The van der Waals surface area contributed by atoms with E-state index in [4.69, 9.17) is 16.3 Å². The number of aromatic amines is 1. The standard InChI is InChI=1S/C25H25ClN6O3/c1-30-22-21(23(33)31(2)25(30)34)32(13-14-35-18-9-7-17(26)8-10-18)24(29-22)27-12-11-16-15-28-20-6-4-3-5-19(16)20/h3-10,15,28H,11-14H2,1-2H3,(H,27,29). The molecule has 3 heterocycles. The number of nitrogens with one attached hydrogen (secondary N) is 2. The maximum atomic E-state index is 13.0. The number of aromatic nitrogens is 5. The summed E-state index contributed by atoms with van der Waals surface area (Å²) in [7, 11) is 3.08. The topological polar surface area (TPSA) is 98.9 Å². The summed E-state index contributed by atoms with van der Waals surface area (Å²) in [4.78, 5) is 33.4. The Kier molecular flexibility index (Phi) is 6.08. The lowest BCUT2D eigenvalue weighted by atomic mass is 10.1. The van der Waals surface area contributed by atoms with E-state index in [1.54, 1.807) is 35.9 Å². The minimum absolute atomic E-state index is 0.302. The Bertz CT molecular complexity index is 1630. The summed E-state index contributed by atoms with van der Waals surface area (Å²) in [5, 5.41) is 5.16. The van der Waals surface area contributed by atoms with Crippen molar-refractivity contribution in [2.75, 3.05) is 18.5 Å². The van der Waals surface area contributed by atoms with Crippen molar-refractivity contribution in [3.05, 3.63) is 86.2 Å². The van der Waals surface area contributed by atoms with Crippen molar-refractivity contribution >= 4 is 39.6 Å². The fourth-order valence-corrected chi connectivity index (χ4v) is 4.36. The SMILES string of the molecule is Cn1c(=O)c2c(nc(NCCc3c[nH]c4ccccc34)n2CCOc2ccc(Cl)cc2)n(C)c1=O. The van der Waals surface area contributed by atoms with Crippen LogP contribution in [-0.4, -0.2) is 36.8 Å². The van der Waals surface area contributed by atoms with E-state index in [9.17, 15) is 9.59 Å². The monoisotopic (exact) mass is 492 g/mol. The molecule has 180 valence electrons. The summed E-state index contributed by atoms with van der Waals surface area (Å²) in [5.41, 5.74) is 2.14. The van der Waals surface area contributed by atoms with Gasteiger partial charge in [0.05, 0.1) is 6.54 Å². The van der Waals surface area contributed by atoms with Gasteiger partial charge in [-0.3, -0.25) is 13.9 Å². The average molecular weight is 493 g/mol. The molecule has 0 bridgehead atoms. The number of ether oxygens (including phenoxy) is 1. The third kappa shape index (κ3) is 4.30. The zero-order chi connectivity index (χ0) is 24.5. The number of rotatable bonds is 8. The highest BCUT2D eigenvalue weighted by atomic mass is 35.5. The smallest absolute Gasteiger partial charge is 0.332 e. The Morgan fingerprint density at radius 2 is 1.83 bits per heavy atom. The summed E-state index contributed by atoms with van der Waals surface area (Å²) in [6.45, 7) is 1.26. The molecule has 0 saturated heterocycles. The van der Waals surface area contributed by atoms with Crippen LogP contribution in [0.5, 0.6) is 5.75 Å². The number of benzene rings is 2. The van der Waals surface area contributed by atoms with Gasteiger partial charge in [-0.15, -0.1) is 0 Å². The third-order valence-corrected chi connectivity index (χ3v) is 6.35. The van der Waals surface area contributed by atoms with E-state index in [0.717, 1.165) is 16.5 Å². The molecule has 0 aliphatic carbocycles. The van der Waals surface area contributed by atoms with Gasteiger partial charge in [0, 0.05) is 42.8 Å². The summed E-state index contributed by atoms with van der Waals surface area (Å²) in [6.07, 6.45) is 2.76. The first-order chi connectivity index (χ1) is 16.9. The van der Waals surface area contributed by atoms with Crippen LogP contribution in [0.4, 0.5) is 5.95 Å². The zero-order valence-electron chi connectivity index (χ0n) is 19.4. The van der Waals surface area contributed by atoms with Crippen molar-refractivity contribution in [3.63, 3.8) is 0 Å². The lowest BCUT2D eigenvalue weighted by molar-refractivity contribution is 0.300. The average Bonchev–Trinajstić information content (AvgIpc) is 3.44. The molecule has 0 aliphatic rings. The van der Waals surface area contributed by atoms with Crippen LogP contribution < -0.4 is 21.3 Å². The van der Waals surface area contributed by atoms with Crippen LogP contribution >= 0.6 is 11.6 Å². The summed E-state index contributed by atoms with van der Waals surface area (Å²) < 4.78 is 10.1. The van der Waals surface area contributed by atoms with Gasteiger partial charge in [0.2, 0.25) is 5.95 Å². The van der Waals surface area contributed by atoms with Gasteiger partial charge in [0.1, 0.15) is 12.4 Å². The molecule has 0 unspecified atom stereocenters. The first-order valence-electron chi connectivity index (χ1n) is 11.3. The molecule has 0 aliphatic heterocycles. The largest absolute Gasteiger partial charge is 0.492 e. The van der Waals surface area contributed by atoms with Crippen LogP contribution in [0.15, 0.2) is 64.3 Å². The van der Waals surface area contributed by atoms with Crippen molar-refractivity contribution in [2.45, 2.75) is 13.0 Å². The van der Waals surface area contributed by atoms with Gasteiger partial charge in [0.15, 0.2) is 11.2 Å². The molecule has 0 saturated carbocycles. The molecule has 0 spiro atoms. The molecule has 9 nitrogen and oxygen atoms in total. The molecule has 3 aromatic heterocycles. The van der Waals surface area contributed by atoms with Gasteiger partial charge in [-0.2, -0.15) is 4.98 Å². The second-order valence-electron chi connectivity index (χ2n) is 8.30. The normalized spacial score (nSPS) is 11.4. The Hall–Kier alpha value is -3.98. The van der Waals surface area contributed by atoms with Gasteiger partial charge >= 0.3 is 5.69 Å². The zero-order valence-corrected chi connectivity index (χ0v) is 20.2. The molecule has 0 amide bonds. The molecule has 0 atom stereocenters. The molecule has 2 aromatic carbocycles. The molecule has 5 rings (SSSR count). The number of hydrogen-bond acceptors (Lipinski definition) is 5. The van der Waals surface area contributed by atoms with Crippen LogP contribution in [0.2, 0.25) is 5.02 Å². The highest BCUT2D eigenvalue weighted by molar-refractivity contribution is 6.30. The van der Waals surface area contributed by atoms with E-state index >= 15 is 0 Å². The molecule has 35 heavy (non-hydrogen) atoms. The highest BCUT2D eigenvalue weighted by Gasteiger charge is 2.19. The summed E-state index contributed by atoms with van der Waals surface area (Å²) in [5.74, 6) is 1.19. The van der Waals surface area contributed by atoms with Crippen molar-refractivity contribution in [1.82, 2.24) is 23.7 Å². The minimum Gasteiger partial charge on any atom is -0.492 e. The van der Waals surface area contributed by atoms with E-state index < -0.39 is 11.2 Å². The molecule has 0 fully saturated rings. The Morgan fingerprint density at radius 3 is 2.63 bits per heavy atom. The van der Waals surface area contributed by atoms with E-state index in [0.29, 0.717) is 47.6 Å². The van der Waals surface area contributed by atoms with Crippen molar-refractivity contribution < 1.29 is 4.74 Å². The summed E-state index contributed by atoms with van der Waals surface area (Å²) in [6, 6.07) is 15.2. The van der Waals surface area contributed by atoms with Gasteiger partial charge < -0.3 is 19.6 Å². The molecule has 10 heteroatoms. The maximum absolute atomic E-state index is 13.0. The van der Waals surface area contributed by atoms with E-state index in [1.807, 2.05) is 24.4 Å². The number of imidazole rings is 1. The lowest BCUT2D eigenvalue weighted by Gasteiger charge is -2.12. The fraction of sp³-hybridized carbons (Fsp3) is 0.240. The minimum atomic E-state index is -0.421. The fourth-order valence-electron chi connectivity index (χ4n) is 4.23. The van der Waals surface area contributed by atoms with Gasteiger partial charge in [-0.1, -0.05) is 29.8 Å². The van der Waals surface area contributed by atoms with Crippen LogP contribution in [-0.2, 0) is 27.1 Å². The number of hydrogen-bond donors (Lipinski definition) is 2. The molecular weight excluding hydrogens is 468 g/mol. The third-order valence-electron chi connectivity index (χ3n) is 6.10. The first-order valence-corrected chi connectivity index (χ1v) is 11.7. The number of nitrogens with zero attached hydrogens (tertiary/aromatic N) is 4. The van der Waals surface area contributed by atoms with Crippen LogP contribution in [0, 0.1) is 0 Å². The molecule has 2 N–H and O–H groups in total. The Morgan fingerprint density at radius 1 is 1.06 bits per heavy atom. The number of H-pyrrole nitrogens is 1. The maximum Gasteiger partial charge on any atom is 0.332 e. The quantitative estimate of drug-likeness (QED) is 0.346. The predicted octanol–water partition coefficient (Wildman–Crippen LogP) is 3.30. The Balaban J connectivity index is 1.42. The Labute approximate surface area is 205 Å². The van der Waals surface area contributed by atoms with Crippen molar-refractivity contribution in [3.8, 4) is 5.75 Å². The number of para-hydroxylation sites is 1. The first kappa shape index (κ1) is 22.8. The van der Waals surface area contributed by atoms with Crippen molar-refractivity contribution in [2.24, 2.45) is 14.1 Å². The van der Waals surface area contributed by atoms with Crippen LogP contribution in [0.1, 0.15) is 5.56 Å².